The topological polar surface area (TPSA) is 94.7 Å². The van der Waals surface area contributed by atoms with Gasteiger partial charge in [-0.3, -0.25) is 0 Å². The van der Waals surface area contributed by atoms with Gasteiger partial charge in [0, 0.05) is 11.6 Å². The normalized spacial score (nSPS) is 14.7. The number of carboxylic acid groups (broad SMARTS) is 1. The largest absolute Gasteiger partial charge is 0.586 e. The van der Waals surface area contributed by atoms with Crippen molar-refractivity contribution in [3.63, 3.8) is 0 Å². The molecule has 0 spiro atoms. The fraction of sp³-hybridized carbons (Fsp3) is 0.0769. The Hall–Kier alpha value is -2.39. The third-order valence-electron chi connectivity index (χ3n) is 3.06. The molecule has 0 aliphatic carbocycles. The number of aromatic nitrogens is 1. The summed E-state index contributed by atoms with van der Waals surface area (Å²) in [6.07, 6.45) is -3.95. The van der Waals surface area contributed by atoms with E-state index in [1.165, 1.54) is 0 Å². The standard InChI is InChI=1S/C13H5Cl2F3N2O4/c14-7-9(19)8(15)11(12(21)22)20-10(7)3-1-5-6(2-4(3)16)24-13(17,18)23-5/h1-2H,(H2,19,20)(H,21,22). The van der Waals surface area contributed by atoms with E-state index in [-0.39, 0.29) is 10.7 Å². The summed E-state index contributed by atoms with van der Waals surface area (Å²) in [6.45, 7) is 0. The van der Waals surface area contributed by atoms with Crippen molar-refractivity contribution >= 4 is 34.9 Å². The van der Waals surface area contributed by atoms with E-state index in [4.69, 9.17) is 34.0 Å². The number of halogens is 5. The smallest absolute Gasteiger partial charge is 0.476 e. The van der Waals surface area contributed by atoms with Gasteiger partial charge in [0.25, 0.3) is 0 Å². The number of aromatic carboxylic acids is 1. The number of nitrogens with zero attached hydrogens (tertiary/aromatic N) is 1. The lowest BCUT2D eigenvalue weighted by Gasteiger charge is -2.11. The van der Waals surface area contributed by atoms with Gasteiger partial charge in [-0.1, -0.05) is 23.2 Å². The van der Waals surface area contributed by atoms with Crippen molar-refractivity contribution in [2.24, 2.45) is 0 Å². The monoisotopic (exact) mass is 380 g/mol. The molecule has 24 heavy (non-hydrogen) atoms. The van der Waals surface area contributed by atoms with E-state index in [1.807, 2.05) is 0 Å². The predicted molar refractivity (Wildman–Crippen MR) is 77.2 cm³/mol. The first-order chi connectivity index (χ1) is 11.1. The molecule has 0 radical (unpaired) electrons. The van der Waals surface area contributed by atoms with Crippen molar-refractivity contribution in [3.8, 4) is 22.8 Å². The molecule has 1 aromatic heterocycles. The summed E-state index contributed by atoms with van der Waals surface area (Å²) in [4.78, 5) is 14.8. The summed E-state index contributed by atoms with van der Waals surface area (Å²) in [7, 11) is 0. The van der Waals surface area contributed by atoms with Gasteiger partial charge in [0.2, 0.25) is 0 Å². The molecule has 0 unspecified atom stereocenters. The zero-order valence-corrected chi connectivity index (χ0v) is 12.8. The average Bonchev–Trinajstić information content (AvgIpc) is 2.77. The Labute approximate surface area is 141 Å². The molecule has 126 valence electrons. The highest BCUT2D eigenvalue weighted by Crippen LogP contribution is 2.46. The fourth-order valence-corrected chi connectivity index (χ4v) is 2.54. The number of hydrogen-bond donors (Lipinski definition) is 2. The Balaban J connectivity index is 2.23. The van der Waals surface area contributed by atoms with Gasteiger partial charge in [-0.15, -0.1) is 8.78 Å². The van der Waals surface area contributed by atoms with Crippen LogP contribution in [-0.4, -0.2) is 22.4 Å². The molecule has 0 amide bonds. The van der Waals surface area contributed by atoms with Crippen LogP contribution in [0.1, 0.15) is 10.5 Å². The van der Waals surface area contributed by atoms with Gasteiger partial charge >= 0.3 is 12.3 Å². The molecule has 3 rings (SSSR count). The SMILES string of the molecule is Nc1c(Cl)c(C(=O)O)nc(-c2cc3c(cc2F)OC(F)(F)O3)c1Cl. The van der Waals surface area contributed by atoms with Crippen molar-refractivity contribution in [1.29, 1.82) is 0 Å². The van der Waals surface area contributed by atoms with Crippen molar-refractivity contribution < 1.29 is 32.5 Å². The van der Waals surface area contributed by atoms with Gasteiger partial charge in [-0.25, -0.2) is 14.2 Å². The van der Waals surface area contributed by atoms with E-state index in [0.717, 1.165) is 6.07 Å². The summed E-state index contributed by atoms with van der Waals surface area (Å²) in [5, 5.41) is 8.30. The number of pyridine rings is 1. The lowest BCUT2D eigenvalue weighted by Crippen LogP contribution is -2.25. The molecule has 0 bridgehead atoms. The van der Waals surface area contributed by atoms with Crippen LogP contribution < -0.4 is 15.2 Å². The van der Waals surface area contributed by atoms with Crippen LogP contribution in [0.3, 0.4) is 0 Å². The van der Waals surface area contributed by atoms with E-state index in [1.54, 1.807) is 0 Å². The number of rotatable bonds is 2. The first kappa shape index (κ1) is 16.5. The number of nitrogen functional groups attached to an aromatic ring is 1. The number of alkyl halides is 2. The highest BCUT2D eigenvalue weighted by atomic mass is 35.5. The molecule has 0 atom stereocenters. The number of anilines is 1. The number of ether oxygens (including phenoxy) is 2. The van der Waals surface area contributed by atoms with Crippen LogP contribution in [0, 0.1) is 5.82 Å². The second kappa shape index (κ2) is 5.32. The first-order valence-corrected chi connectivity index (χ1v) is 6.84. The van der Waals surface area contributed by atoms with Crippen LogP contribution in [0.5, 0.6) is 11.5 Å². The van der Waals surface area contributed by atoms with E-state index < -0.39 is 51.6 Å². The Morgan fingerprint density at radius 2 is 1.79 bits per heavy atom. The second-order valence-electron chi connectivity index (χ2n) is 4.60. The third-order valence-corrected chi connectivity index (χ3v) is 3.83. The lowest BCUT2D eigenvalue weighted by molar-refractivity contribution is -0.286. The molecule has 3 N–H and O–H groups in total. The fourth-order valence-electron chi connectivity index (χ4n) is 2.03. The highest BCUT2D eigenvalue weighted by Gasteiger charge is 2.44. The van der Waals surface area contributed by atoms with Gasteiger partial charge in [0.1, 0.15) is 5.82 Å². The molecular formula is C13H5Cl2F3N2O4. The molecule has 0 saturated carbocycles. The zero-order valence-electron chi connectivity index (χ0n) is 11.2. The molecule has 1 aromatic carbocycles. The molecule has 0 saturated heterocycles. The maximum absolute atomic E-state index is 14.2. The van der Waals surface area contributed by atoms with Gasteiger partial charge in [0.15, 0.2) is 17.2 Å². The second-order valence-corrected chi connectivity index (χ2v) is 5.36. The average molecular weight is 381 g/mol. The van der Waals surface area contributed by atoms with Crippen LogP contribution in [0.25, 0.3) is 11.3 Å². The molecule has 0 fully saturated rings. The van der Waals surface area contributed by atoms with Crippen molar-refractivity contribution in [2.45, 2.75) is 6.29 Å². The van der Waals surface area contributed by atoms with Crippen molar-refractivity contribution in [2.75, 3.05) is 5.73 Å². The number of hydrogen-bond acceptors (Lipinski definition) is 5. The van der Waals surface area contributed by atoms with E-state index in [2.05, 4.69) is 14.5 Å². The van der Waals surface area contributed by atoms with Crippen molar-refractivity contribution in [3.05, 3.63) is 33.7 Å². The molecule has 1 aliphatic rings. The quantitative estimate of drug-likeness (QED) is 0.822. The summed E-state index contributed by atoms with van der Waals surface area (Å²) in [6, 6.07) is 1.48. The maximum Gasteiger partial charge on any atom is 0.586 e. The number of carbonyl (C=O) groups is 1. The van der Waals surface area contributed by atoms with Crippen LogP contribution in [-0.2, 0) is 0 Å². The summed E-state index contributed by atoms with van der Waals surface area (Å²) in [5.74, 6) is -3.59. The minimum Gasteiger partial charge on any atom is -0.476 e. The van der Waals surface area contributed by atoms with E-state index in [9.17, 15) is 18.0 Å². The predicted octanol–water partition coefficient (Wildman–Crippen LogP) is 3.80. The van der Waals surface area contributed by atoms with E-state index >= 15 is 0 Å². The zero-order chi connectivity index (χ0) is 17.8. The van der Waals surface area contributed by atoms with E-state index in [0.29, 0.717) is 6.07 Å². The number of nitrogens with two attached hydrogens (primary N) is 1. The summed E-state index contributed by atoms with van der Waals surface area (Å²) >= 11 is 11.7. The van der Waals surface area contributed by atoms with Gasteiger partial charge in [-0.2, -0.15) is 0 Å². The Morgan fingerprint density at radius 3 is 2.38 bits per heavy atom. The molecule has 1 aliphatic heterocycles. The van der Waals surface area contributed by atoms with Gasteiger partial charge in [0.05, 0.1) is 21.4 Å². The molecular weight excluding hydrogens is 376 g/mol. The number of benzene rings is 1. The Bertz CT molecular complexity index is 892. The number of carboxylic acids is 1. The van der Waals surface area contributed by atoms with Crippen LogP contribution in [0.4, 0.5) is 18.9 Å². The van der Waals surface area contributed by atoms with Crippen LogP contribution in [0.2, 0.25) is 10.0 Å². The van der Waals surface area contributed by atoms with Gasteiger partial charge < -0.3 is 20.3 Å². The summed E-state index contributed by atoms with van der Waals surface area (Å²) < 4.78 is 48.6. The lowest BCUT2D eigenvalue weighted by atomic mass is 10.1. The Morgan fingerprint density at radius 1 is 1.21 bits per heavy atom. The van der Waals surface area contributed by atoms with Crippen LogP contribution >= 0.6 is 23.2 Å². The Kier molecular flexibility index (Phi) is 3.65. The maximum atomic E-state index is 14.2. The third kappa shape index (κ3) is 2.55. The molecule has 2 heterocycles. The first-order valence-electron chi connectivity index (χ1n) is 6.08. The molecule has 2 aromatic rings. The minimum atomic E-state index is -3.95. The highest BCUT2D eigenvalue weighted by molar-refractivity contribution is 6.41. The minimum absolute atomic E-state index is 0.338. The molecule has 6 nitrogen and oxygen atoms in total. The van der Waals surface area contributed by atoms with Crippen molar-refractivity contribution in [1.82, 2.24) is 4.98 Å². The number of fused-ring (bicyclic) bond motifs is 1. The van der Waals surface area contributed by atoms with Gasteiger partial charge in [-0.05, 0) is 6.07 Å². The molecule has 11 heteroatoms. The summed E-state index contributed by atoms with van der Waals surface area (Å²) in [5.41, 5.74) is 3.78. The van der Waals surface area contributed by atoms with Crippen LogP contribution in [0.15, 0.2) is 12.1 Å².